The highest BCUT2D eigenvalue weighted by atomic mass is 16.6. The van der Waals surface area contributed by atoms with Crippen molar-refractivity contribution in [3.63, 3.8) is 0 Å². The van der Waals surface area contributed by atoms with Gasteiger partial charge < -0.3 is 19.2 Å². The zero-order valence-electron chi connectivity index (χ0n) is 25.2. The molecule has 2 aliphatic heterocycles. The van der Waals surface area contributed by atoms with E-state index in [1.54, 1.807) is 6.92 Å². The Morgan fingerprint density at radius 2 is 1.63 bits per heavy atom. The van der Waals surface area contributed by atoms with E-state index in [1.165, 1.54) is 57.8 Å². The summed E-state index contributed by atoms with van der Waals surface area (Å²) in [4.78, 5) is 50.3. The van der Waals surface area contributed by atoms with Crippen molar-refractivity contribution in [2.45, 2.75) is 115 Å². The van der Waals surface area contributed by atoms with Crippen molar-refractivity contribution in [2.75, 3.05) is 13.2 Å². The maximum absolute atomic E-state index is 14.3. The Hall–Kier alpha value is -3.27. The Bertz CT molecular complexity index is 1400. The highest BCUT2D eigenvalue weighted by Crippen LogP contribution is 2.47. The average molecular weight is 593 g/mol. The van der Waals surface area contributed by atoms with Gasteiger partial charge in [0.15, 0.2) is 5.69 Å². The summed E-state index contributed by atoms with van der Waals surface area (Å²) in [5.41, 5.74) is 1.43. The molecular formula is C33H44N4O6. The van der Waals surface area contributed by atoms with E-state index in [4.69, 9.17) is 19.7 Å². The molecule has 3 heterocycles. The number of para-hydroxylation sites is 2. The van der Waals surface area contributed by atoms with Crippen LogP contribution in [0.2, 0.25) is 0 Å². The molecule has 0 radical (unpaired) electrons. The fourth-order valence-electron chi connectivity index (χ4n) is 8.67. The number of carbonyl (C=O) groups excluding carboxylic acids is 1. The molecule has 1 aromatic heterocycles. The summed E-state index contributed by atoms with van der Waals surface area (Å²) in [6.07, 6.45) is 13.7. The van der Waals surface area contributed by atoms with E-state index in [0.29, 0.717) is 23.6 Å². The number of fused-ring (bicyclic) bond motifs is 5. The molecule has 10 heteroatoms. The maximum Gasteiger partial charge on any atom is 0.344 e. The molecule has 1 aromatic carbocycles. The maximum atomic E-state index is 14.3. The second kappa shape index (κ2) is 13.2. The largest absolute Gasteiger partial charge is 0.479 e. The lowest BCUT2D eigenvalue weighted by Crippen LogP contribution is -2.58. The van der Waals surface area contributed by atoms with E-state index in [1.807, 2.05) is 28.8 Å². The van der Waals surface area contributed by atoms with Gasteiger partial charge in [-0.05, 0) is 75.8 Å². The Kier molecular flexibility index (Phi) is 9.12. The van der Waals surface area contributed by atoms with Crippen molar-refractivity contribution in [3.05, 3.63) is 40.3 Å². The van der Waals surface area contributed by atoms with Crippen LogP contribution in [0.5, 0.6) is 0 Å². The number of hydrogen-bond donors (Lipinski definition) is 1. The van der Waals surface area contributed by atoms with Gasteiger partial charge >= 0.3 is 11.9 Å². The molecule has 4 aliphatic rings. The minimum absolute atomic E-state index is 0.0139. The zero-order valence-corrected chi connectivity index (χ0v) is 25.2. The summed E-state index contributed by atoms with van der Waals surface area (Å²) in [5.74, 6) is 0.140. The Morgan fingerprint density at radius 1 is 0.930 bits per heavy atom. The molecular weight excluding hydrogens is 548 g/mol. The molecule has 4 fully saturated rings. The van der Waals surface area contributed by atoms with Gasteiger partial charge in [-0.1, -0.05) is 43.0 Å². The fourth-order valence-corrected chi connectivity index (χ4v) is 8.67. The normalized spacial score (nSPS) is 29.3. The first-order valence-corrected chi connectivity index (χ1v) is 16.3. The molecule has 5 atom stereocenters. The second-order valence-electron chi connectivity index (χ2n) is 13.0. The van der Waals surface area contributed by atoms with Crippen LogP contribution in [0.25, 0.3) is 11.0 Å². The van der Waals surface area contributed by atoms with Crippen LogP contribution in [0.4, 0.5) is 0 Å². The molecule has 2 aromatic rings. The fraction of sp³-hybridized carbons (Fsp3) is 0.667. The van der Waals surface area contributed by atoms with E-state index >= 15 is 0 Å². The van der Waals surface area contributed by atoms with Crippen molar-refractivity contribution in [1.29, 1.82) is 0 Å². The van der Waals surface area contributed by atoms with Gasteiger partial charge in [-0.3, -0.25) is 14.5 Å². The summed E-state index contributed by atoms with van der Waals surface area (Å²) >= 11 is 0. The third kappa shape index (κ3) is 6.49. The zero-order chi connectivity index (χ0) is 29.9. The van der Waals surface area contributed by atoms with Gasteiger partial charge in [-0.2, -0.15) is 0 Å². The number of oxime groups is 1. The molecule has 2 aliphatic carbocycles. The third-order valence-corrected chi connectivity index (χ3v) is 10.2. The van der Waals surface area contributed by atoms with Gasteiger partial charge in [-0.25, -0.2) is 9.78 Å². The molecule has 0 spiro atoms. The van der Waals surface area contributed by atoms with Crippen LogP contribution in [-0.2, 0) is 19.2 Å². The molecule has 4 bridgehead atoms. The minimum atomic E-state index is -1.18. The molecule has 1 N–H and O–H groups in total. The molecule has 10 nitrogen and oxygen atoms in total. The summed E-state index contributed by atoms with van der Waals surface area (Å²) in [7, 11) is 0. The number of aromatic nitrogens is 2. The number of nitrogens with zero attached hydrogens (tertiary/aromatic N) is 4. The molecule has 43 heavy (non-hydrogen) atoms. The average Bonchev–Trinajstić information content (AvgIpc) is 2.98. The van der Waals surface area contributed by atoms with E-state index in [0.717, 1.165) is 30.2 Å². The van der Waals surface area contributed by atoms with Gasteiger partial charge in [0.25, 0.3) is 5.56 Å². The Balaban J connectivity index is 1.33. The van der Waals surface area contributed by atoms with Gasteiger partial charge in [-0.15, -0.1) is 0 Å². The van der Waals surface area contributed by atoms with E-state index in [9.17, 15) is 14.4 Å². The molecule has 6 rings (SSSR count). The van der Waals surface area contributed by atoms with Gasteiger partial charge in [0, 0.05) is 30.6 Å². The molecule has 2 saturated carbocycles. The number of benzene rings is 1. The van der Waals surface area contributed by atoms with Crippen LogP contribution in [0.3, 0.4) is 0 Å². The predicted molar refractivity (Wildman–Crippen MR) is 162 cm³/mol. The van der Waals surface area contributed by atoms with Crippen LogP contribution in [0, 0.1) is 11.8 Å². The van der Waals surface area contributed by atoms with Gasteiger partial charge in [0.2, 0.25) is 6.61 Å². The number of carbonyl (C=O) groups is 2. The predicted octanol–water partition coefficient (Wildman–Crippen LogP) is 5.07. The van der Waals surface area contributed by atoms with Crippen LogP contribution in [0.15, 0.2) is 34.2 Å². The van der Waals surface area contributed by atoms with E-state index < -0.39 is 18.5 Å². The summed E-state index contributed by atoms with van der Waals surface area (Å²) < 4.78 is 6.99. The van der Waals surface area contributed by atoms with Crippen molar-refractivity contribution in [2.24, 2.45) is 17.0 Å². The highest BCUT2D eigenvalue weighted by molar-refractivity contribution is 6.00. The summed E-state index contributed by atoms with van der Waals surface area (Å²) in [6.45, 7) is 1.31. The number of rotatable bonds is 10. The molecule has 0 amide bonds. The lowest BCUT2D eigenvalue weighted by molar-refractivity contribution is -0.143. The van der Waals surface area contributed by atoms with Crippen molar-refractivity contribution in [1.82, 2.24) is 14.5 Å². The number of piperidine rings is 2. The number of hydrogen-bond acceptors (Lipinski definition) is 8. The SMILES string of the molecule is CCOC(=O)CCC(=NOCC(=O)O)c1nc2ccccc2n([C@H]2C[C@H]3CCC[C@@H](C2)N3C2CC3CCCC(C3)C2)c1=O. The molecule has 2 unspecified atom stereocenters. The topological polar surface area (TPSA) is 123 Å². The number of carboxylic acids is 1. The quantitative estimate of drug-likeness (QED) is 0.230. The first-order valence-electron chi connectivity index (χ1n) is 16.3. The van der Waals surface area contributed by atoms with Crippen LogP contribution in [0.1, 0.15) is 102 Å². The summed E-state index contributed by atoms with van der Waals surface area (Å²) in [6, 6.07) is 9.25. The summed E-state index contributed by atoms with van der Waals surface area (Å²) in [5, 5.41) is 13.1. The first kappa shape index (κ1) is 29.8. The Morgan fingerprint density at radius 3 is 2.33 bits per heavy atom. The van der Waals surface area contributed by atoms with Crippen LogP contribution in [-0.4, -0.2) is 68.5 Å². The lowest BCUT2D eigenvalue weighted by Gasteiger charge is -2.55. The van der Waals surface area contributed by atoms with Crippen molar-refractivity contribution >= 4 is 28.7 Å². The standard InChI is InChI=1S/C33H44N4O6/c1-2-42-31(40)14-13-28(35-43-20-30(38)39)32-33(41)37(29-12-4-3-11-27(29)34-32)26-18-23-9-6-10-24(19-26)36(23)25-16-21-7-5-8-22(15-21)17-25/h3-4,11-12,21-26H,2,5-10,13-20H2,1H3,(H,38,39)/t21?,22?,23-,24+,25?,26+. The number of aliphatic carboxylic acids is 1. The first-order chi connectivity index (χ1) is 20.9. The van der Waals surface area contributed by atoms with E-state index in [-0.39, 0.29) is 42.5 Å². The lowest BCUT2D eigenvalue weighted by atomic mass is 9.68. The monoisotopic (exact) mass is 592 g/mol. The number of esters is 1. The van der Waals surface area contributed by atoms with Crippen LogP contribution < -0.4 is 5.56 Å². The molecule has 2 saturated heterocycles. The van der Waals surface area contributed by atoms with Gasteiger partial charge in [0.05, 0.1) is 24.1 Å². The highest BCUT2D eigenvalue weighted by Gasteiger charge is 2.45. The number of carboxylic acid groups (broad SMARTS) is 1. The third-order valence-electron chi connectivity index (χ3n) is 10.2. The van der Waals surface area contributed by atoms with E-state index in [2.05, 4.69) is 10.1 Å². The molecule has 232 valence electrons. The minimum Gasteiger partial charge on any atom is -0.479 e. The number of ether oxygens (including phenoxy) is 1. The Labute approximate surface area is 252 Å². The van der Waals surface area contributed by atoms with Crippen molar-refractivity contribution < 1.29 is 24.3 Å². The van der Waals surface area contributed by atoms with Gasteiger partial charge in [0.1, 0.15) is 5.71 Å². The second-order valence-corrected chi connectivity index (χ2v) is 13.0. The van der Waals surface area contributed by atoms with Crippen LogP contribution >= 0.6 is 0 Å². The van der Waals surface area contributed by atoms with Crippen molar-refractivity contribution in [3.8, 4) is 0 Å². The smallest absolute Gasteiger partial charge is 0.344 e.